The van der Waals surface area contributed by atoms with Crippen LogP contribution in [0.5, 0.6) is 17.2 Å². The lowest BCUT2D eigenvalue weighted by Crippen LogP contribution is -2.24. The second-order valence-corrected chi connectivity index (χ2v) is 10.4. The molecular weight excluding hydrogens is 452 g/mol. The van der Waals surface area contributed by atoms with Crippen LogP contribution in [0.15, 0.2) is 66.7 Å². The quantitative estimate of drug-likeness (QED) is 0.417. The highest BCUT2D eigenvalue weighted by Crippen LogP contribution is 2.31. The maximum Gasteiger partial charge on any atom is 0.253 e. The highest BCUT2D eigenvalue weighted by molar-refractivity contribution is 5.93. The summed E-state index contributed by atoms with van der Waals surface area (Å²) in [6, 6.07) is 22.3. The van der Waals surface area contributed by atoms with E-state index in [1.807, 2.05) is 63.2 Å². The van der Waals surface area contributed by atoms with Gasteiger partial charge in [0, 0.05) is 39.3 Å². The Hall–Kier alpha value is -3.51. The number of benzene rings is 3. The minimum Gasteiger partial charge on any atom is -0.488 e. The molecule has 190 valence electrons. The van der Waals surface area contributed by atoms with Crippen LogP contribution in [0.2, 0.25) is 0 Å². The van der Waals surface area contributed by atoms with Crippen LogP contribution < -0.4 is 14.2 Å². The Balaban J connectivity index is 1.52. The van der Waals surface area contributed by atoms with E-state index in [0.29, 0.717) is 18.8 Å². The molecule has 0 aliphatic carbocycles. The first kappa shape index (κ1) is 25.6. The molecule has 6 heteroatoms. The average Bonchev–Trinajstić information content (AvgIpc) is 2.84. The van der Waals surface area contributed by atoms with E-state index >= 15 is 0 Å². The third-order valence-corrected chi connectivity index (χ3v) is 5.78. The van der Waals surface area contributed by atoms with Gasteiger partial charge in [-0.05, 0) is 73.9 Å². The normalized spacial score (nSPS) is 12.9. The number of hydrogen-bond acceptors (Lipinski definition) is 5. The van der Waals surface area contributed by atoms with Gasteiger partial charge in [0.15, 0.2) is 11.5 Å². The van der Waals surface area contributed by atoms with E-state index in [1.54, 1.807) is 19.0 Å². The number of rotatable bonds is 8. The zero-order chi connectivity index (χ0) is 25.7. The minimum absolute atomic E-state index is 0.00671. The van der Waals surface area contributed by atoms with Crippen LogP contribution in [-0.2, 0) is 19.6 Å². The first-order valence-electron chi connectivity index (χ1n) is 12.4. The lowest BCUT2D eigenvalue weighted by molar-refractivity contribution is 0.0827. The van der Waals surface area contributed by atoms with Gasteiger partial charge in [-0.2, -0.15) is 0 Å². The molecule has 4 rings (SSSR count). The lowest BCUT2D eigenvalue weighted by Gasteiger charge is -2.25. The summed E-state index contributed by atoms with van der Waals surface area (Å²) in [4.78, 5) is 16.3. The Labute approximate surface area is 214 Å². The van der Waals surface area contributed by atoms with Crippen LogP contribution in [0, 0.1) is 0 Å². The topological polar surface area (TPSA) is 51.2 Å². The molecule has 1 heterocycles. The van der Waals surface area contributed by atoms with Crippen LogP contribution >= 0.6 is 0 Å². The zero-order valence-electron chi connectivity index (χ0n) is 21.9. The molecule has 0 bridgehead atoms. The van der Waals surface area contributed by atoms with Crippen LogP contribution in [-0.4, -0.2) is 48.6 Å². The van der Waals surface area contributed by atoms with Crippen molar-refractivity contribution in [2.24, 2.45) is 0 Å². The fraction of sp³-hybridized carbons (Fsp3) is 0.367. The number of hydrogen-bond donors (Lipinski definition) is 0. The predicted octanol–water partition coefficient (Wildman–Crippen LogP) is 5.54. The summed E-state index contributed by atoms with van der Waals surface area (Å²) >= 11 is 0. The Morgan fingerprint density at radius 3 is 1.89 bits per heavy atom. The van der Waals surface area contributed by atoms with Crippen molar-refractivity contribution in [2.75, 3.05) is 27.3 Å². The number of ether oxygens (including phenoxy) is 3. The van der Waals surface area contributed by atoms with Crippen molar-refractivity contribution in [2.45, 2.75) is 46.0 Å². The molecule has 6 nitrogen and oxygen atoms in total. The monoisotopic (exact) mass is 488 g/mol. The van der Waals surface area contributed by atoms with Crippen molar-refractivity contribution in [3.05, 3.63) is 89.0 Å². The molecule has 0 fully saturated rings. The van der Waals surface area contributed by atoms with Crippen LogP contribution in [0.3, 0.4) is 0 Å². The van der Waals surface area contributed by atoms with E-state index in [9.17, 15) is 4.79 Å². The summed E-state index contributed by atoms with van der Waals surface area (Å²) in [5, 5.41) is 0. The number of nitrogens with zero attached hydrogens (tertiary/aromatic N) is 2. The summed E-state index contributed by atoms with van der Waals surface area (Å²) in [5.41, 5.74) is 3.97. The van der Waals surface area contributed by atoms with E-state index in [2.05, 4.69) is 29.2 Å². The highest BCUT2D eigenvalue weighted by Gasteiger charge is 2.16. The summed E-state index contributed by atoms with van der Waals surface area (Å²) < 4.78 is 17.5. The summed E-state index contributed by atoms with van der Waals surface area (Å²) in [7, 11) is 3.53. The largest absolute Gasteiger partial charge is 0.488 e. The molecule has 1 aliphatic heterocycles. The minimum atomic E-state index is -0.230. The third-order valence-electron chi connectivity index (χ3n) is 5.78. The molecule has 36 heavy (non-hydrogen) atoms. The molecule has 3 aromatic rings. The molecule has 0 saturated heterocycles. The summed E-state index contributed by atoms with van der Waals surface area (Å²) in [6.45, 7) is 9.55. The Kier molecular flexibility index (Phi) is 7.85. The van der Waals surface area contributed by atoms with Crippen LogP contribution in [0.1, 0.15) is 47.8 Å². The highest BCUT2D eigenvalue weighted by atomic mass is 16.6. The number of carbonyl (C=O) groups is 1. The van der Waals surface area contributed by atoms with Gasteiger partial charge in [0.1, 0.15) is 24.6 Å². The zero-order valence-corrected chi connectivity index (χ0v) is 21.9. The van der Waals surface area contributed by atoms with Gasteiger partial charge in [-0.1, -0.05) is 30.3 Å². The van der Waals surface area contributed by atoms with E-state index in [1.165, 1.54) is 5.56 Å². The van der Waals surface area contributed by atoms with Crippen molar-refractivity contribution >= 4 is 5.91 Å². The van der Waals surface area contributed by atoms with Crippen molar-refractivity contribution in [1.82, 2.24) is 9.80 Å². The fourth-order valence-electron chi connectivity index (χ4n) is 4.16. The van der Waals surface area contributed by atoms with Gasteiger partial charge < -0.3 is 19.1 Å². The summed E-state index contributed by atoms with van der Waals surface area (Å²) in [6.07, 6.45) is 0. The van der Waals surface area contributed by atoms with Gasteiger partial charge in [0.05, 0.1) is 0 Å². The number of amides is 1. The van der Waals surface area contributed by atoms with Crippen molar-refractivity contribution in [1.29, 1.82) is 0 Å². The Bertz CT molecular complexity index is 1170. The van der Waals surface area contributed by atoms with Crippen LogP contribution in [0.4, 0.5) is 0 Å². The molecule has 1 amide bonds. The maximum atomic E-state index is 12.3. The van der Waals surface area contributed by atoms with Gasteiger partial charge in [0.2, 0.25) is 0 Å². The molecule has 0 radical (unpaired) electrons. The molecule has 0 spiro atoms. The average molecular weight is 489 g/mol. The molecule has 0 aromatic heterocycles. The predicted molar refractivity (Wildman–Crippen MR) is 142 cm³/mol. The second kappa shape index (κ2) is 11.0. The molecule has 3 aromatic carbocycles. The van der Waals surface area contributed by atoms with E-state index < -0.39 is 0 Å². The standard InChI is InChI=1S/C30H36N2O4/c1-30(2,3)36-26-13-8-23(9-14-26)20-32(19-22-6-11-25(12-7-22)29(33)31(4)5)21-24-10-15-27-28(18-24)35-17-16-34-27/h6-15,18H,16-17,19-21H2,1-5H3. The van der Waals surface area contributed by atoms with Crippen molar-refractivity contribution in [3.63, 3.8) is 0 Å². The van der Waals surface area contributed by atoms with Crippen molar-refractivity contribution in [3.8, 4) is 17.2 Å². The summed E-state index contributed by atoms with van der Waals surface area (Å²) in [5.74, 6) is 2.47. The molecule has 0 N–H and O–H groups in total. The first-order chi connectivity index (χ1) is 17.2. The Morgan fingerprint density at radius 2 is 1.31 bits per heavy atom. The van der Waals surface area contributed by atoms with E-state index in [0.717, 1.165) is 48.0 Å². The lowest BCUT2D eigenvalue weighted by atomic mass is 10.1. The molecule has 0 saturated carbocycles. The molecule has 0 atom stereocenters. The number of carbonyl (C=O) groups excluding carboxylic acids is 1. The number of fused-ring (bicyclic) bond motifs is 1. The van der Waals surface area contributed by atoms with E-state index in [-0.39, 0.29) is 11.5 Å². The van der Waals surface area contributed by atoms with E-state index in [4.69, 9.17) is 14.2 Å². The SMILES string of the molecule is CN(C)C(=O)c1ccc(CN(Cc2ccc(OC(C)(C)C)cc2)Cc2ccc3c(c2)OCCO3)cc1. The fourth-order valence-corrected chi connectivity index (χ4v) is 4.16. The maximum absolute atomic E-state index is 12.3. The third kappa shape index (κ3) is 7.01. The van der Waals surface area contributed by atoms with Gasteiger partial charge in [-0.3, -0.25) is 9.69 Å². The first-order valence-corrected chi connectivity index (χ1v) is 12.4. The second-order valence-electron chi connectivity index (χ2n) is 10.4. The van der Waals surface area contributed by atoms with Gasteiger partial charge in [-0.25, -0.2) is 0 Å². The molecule has 1 aliphatic rings. The molecule has 0 unspecified atom stereocenters. The smallest absolute Gasteiger partial charge is 0.253 e. The Morgan fingerprint density at radius 1 is 0.778 bits per heavy atom. The van der Waals surface area contributed by atoms with Crippen LogP contribution in [0.25, 0.3) is 0 Å². The van der Waals surface area contributed by atoms with Gasteiger partial charge in [0.25, 0.3) is 5.91 Å². The van der Waals surface area contributed by atoms with Gasteiger partial charge >= 0.3 is 0 Å². The molecular formula is C30H36N2O4. The van der Waals surface area contributed by atoms with Crippen molar-refractivity contribution < 1.29 is 19.0 Å². The van der Waals surface area contributed by atoms with Gasteiger partial charge in [-0.15, -0.1) is 0 Å².